The summed E-state index contributed by atoms with van der Waals surface area (Å²) in [5, 5.41) is 30.3. The molecule has 0 radical (unpaired) electrons. The summed E-state index contributed by atoms with van der Waals surface area (Å²) in [5.41, 5.74) is -2.12. The number of carbonyl (C=O) groups is 1. The Morgan fingerprint density at radius 1 is 1.41 bits per heavy atom. The molecule has 8 heteroatoms. The number of aliphatic hydroxyl groups is 1. The number of rotatable bonds is 3. The molecule has 0 bridgehead atoms. The van der Waals surface area contributed by atoms with E-state index in [0.717, 1.165) is 6.07 Å². The Morgan fingerprint density at radius 2 is 1.95 bits per heavy atom. The van der Waals surface area contributed by atoms with E-state index in [9.17, 15) is 20.0 Å². The van der Waals surface area contributed by atoms with Gasteiger partial charge in [-0.05, 0) is 12.1 Å². The maximum atomic E-state index is 12.1. The number of allylic oxidation sites excluding steroid dienone is 1. The van der Waals surface area contributed by atoms with Gasteiger partial charge in [0.15, 0.2) is 11.5 Å². The number of nitro groups is 1. The number of aliphatic hydroxyl groups excluding tert-OH is 1. The van der Waals surface area contributed by atoms with Crippen LogP contribution in [-0.2, 0) is 4.79 Å². The van der Waals surface area contributed by atoms with Crippen molar-refractivity contribution in [2.45, 2.75) is 20.8 Å². The molecule has 0 heterocycles. The van der Waals surface area contributed by atoms with Gasteiger partial charge in [-0.3, -0.25) is 14.9 Å². The van der Waals surface area contributed by atoms with Gasteiger partial charge in [-0.15, -0.1) is 0 Å². The van der Waals surface area contributed by atoms with Crippen molar-refractivity contribution in [3.05, 3.63) is 44.5 Å². The molecular weight excluding hydrogens is 335 g/mol. The molecule has 112 valence electrons. The normalized spacial score (nSPS) is 11.8. The van der Waals surface area contributed by atoms with Crippen molar-refractivity contribution in [1.29, 1.82) is 5.26 Å². The van der Waals surface area contributed by atoms with E-state index in [2.05, 4.69) is 0 Å². The van der Waals surface area contributed by atoms with Crippen LogP contribution in [0.2, 0.25) is 5.02 Å². The Bertz CT molecular complexity index is 687. The van der Waals surface area contributed by atoms with Crippen molar-refractivity contribution in [2.24, 2.45) is 5.41 Å². The van der Waals surface area contributed by atoms with E-state index in [0.29, 0.717) is 0 Å². The number of nitrogens with zero attached hydrogens (tertiary/aromatic N) is 2. The van der Waals surface area contributed by atoms with Crippen LogP contribution in [0, 0.1) is 26.9 Å². The molecule has 0 amide bonds. The number of nitriles is 1. The molecule has 0 aromatic heterocycles. The summed E-state index contributed by atoms with van der Waals surface area (Å²) in [5.74, 6) is -1.33. The number of benzene rings is 1. The fraction of sp³-hybridized carbons (Fsp3) is 0.286. The minimum absolute atomic E-state index is 0. The van der Waals surface area contributed by atoms with E-state index in [1.807, 2.05) is 0 Å². The van der Waals surface area contributed by atoms with Gasteiger partial charge in [0.2, 0.25) is 0 Å². The summed E-state index contributed by atoms with van der Waals surface area (Å²) in [6.45, 7) is 4.74. The van der Waals surface area contributed by atoms with Crippen LogP contribution in [0.1, 0.15) is 26.3 Å². The SMILES string of the molecule is CC(C)(C)C(=O)C(C#N)=C(O)c1ccc(Cl)cc1[N+](=O)[O-].[KH]. The van der Waals surface area contributed by atoms with Crippen LogP contribution in [0.4, 0.5) is 5.69 Å². The first kappa shape index (κ1) is 21.2. The zero-order valence-electron chi connectivity index (χ0n) is 11.7. The first-order valence-corrected chi connectivity index (χ1v) is 6.30. The van der Waals surface area contributed by atoms with Gasteiger partial charge in [-0.25, -0.2) is 0 Å². The van der Waals surface area contributed by atoms with Crippen LogP contribution >= 0.6 is 11.6 Å². The summed E-state index contributed by atoms with van der Waals surface area (Å²) in [6.07, 6.45) is 0. The molecule has 0 aliphatic heterocycles. The number of nitro benzene ring substituents is 1. The van der Waals surface area contributed by atoms with Gasteiger partial charge in [0.05, 0.1) is 10.5 Å². The van der Waals surface area contributed by atoms with Crippen molar-refractivity contribution in [3.63, 3.8) is 0 Å². The Kier molecular flexibility index (Phi) is 7.92. The molecule has 0 atom stereocenters. The van der Waals surface area contributed by atoms with Crippen LogP contribution in [0.15, 0.2) is 23.8 Å². The second-order valence-corrected chi connectivity index (χ2v) is 5.77. The topological polar surface area (TPSA) is 104 Å². The van der Waals surface area contributed by atoms with Gasteiger partial charge < -0.3 is 5.11 Å². The third-order valence-electron chi connectivity index (χ3n) is 2.67. The van der Waals surface area contributed by atoms with Gasteiger partial charge in [0, 0.05) is 16.5 Å². The first-order valence-electron chi connectivity index (χ1n) is 5.92. The van der Waals surface area contributed by atoms with Crippen LogP contribution in [0.5, 0.6) is 0 Å². The van der Waals surface area contributed by atoms with Crippen molar-refractivity contribution in [2.75, 3.05) is 0 Å². The molecule has 1 N–H and O–H groups in total. The second kappa shape index (κ2) is 8.20. The molecule has 1 aromatic carbocycles. The molecule has 0 saturated carbocycles. The van der Waals surface area contributed by atoms with E-state index in [1.165, 1.54) is 12.1 Å². The predicted molar refractivity (Wildman–Crippen MR) is 84.9 cm³/mol. The maximum absolute atomic E-state index is 12.1. The Balaban J connectivity index is 0.00000441. The summed E-state index contributed by atoms with van der Waals surface area (Å²) >= 11 is 5.68. The van der Waals surface area contributed by atoms with Crippen LogP contribution in [0.3, 0.4) is 0 Å². The number of Topliss-reactive ketones (excluding diaryl/α,β-unsaturated/α-hetero) is 1. The second-order valence-electron chi connectivity index (χ2n) is 5.33. The molecule has 1 rings (SSSR count). The minimum atomic E-state index is -0.903. The first-order chi connectivity index (χ1) is 9.59. The van der Waals surface area contributed by atoms with E-state index in [-0.39, 0.29) is 62.0 Å². The Labute approximate surface area is 175 Å². The molecule has 22 heavy (non-hydrogen) atoms. The third-order valence-corrected chi connectivity index (χ3v) is 2.90. The molecule has 1 aromatic rings. The zero-order valence-corrected chi connectivity index (χ0v) is 12.4. The van der Waals surface area contributed by atoms with Crippen LogP contribution < -0.4 is 0 Å². The van der Waals surface area contributed by atoms with Gasteiger partial charge in [0.1, 0.15) is 11.6 Å². The van der Waals surface area contributed by atoms with Gasteiger partial charge >= 0.3 is 51.4 Å². The fourth-order valence-electron chi connectivity index (χ4n) is 1.58. The van der Waals surface area contributed by atoms with Crippen molar-refractivity contribution >= 4 is 80.2 Å². The molecule has 0 aliphatic rings. The molecule has 0 fully saturated rings. The number of hydrogen-bond donors (Lipinski definition) is 1. The van der Waals surface area contributed by atoms with E-state index < -0.39 is 33.1 Å². The van der Waals surface area contributed by atoms with Crippen molar-refractivity contribution in [1.82, 2.24) is 0 Å². The predicted octanol–water partition coefficient (Wildman–Crippen LogP) is 3.01. The Morgan fingerprint density at radius 3 is 2.36 bits per heavy atom. The standard InChI is InChI=1S/C14H13ClN2O4.K.H/c1-14(2,3)13(19)10(7-16)12(18)9-5-4-8(15)6-11(9)17(20)21;;/h4-6,18H,1-3H3;;. The monoisotopic (exact) mass is 348 g/mol. The van der Waals surface area contributed by atoms with E-state index in [1.54, 1.807) is 26.8 Å². The number of carbonyl (C=O) groups excluding carboxylic acids is 1. The van der Waals surface area contributed by atoms with Gasteiger partial charge in [-0.2, -0.15) is 5.26 Å². The average molecular weight is 349 g/mol. The van der Waals surface area contributed by atoms with E-state index in [4.69, 9.17) is 16.9 Å². The van der Waals surface area contributed by atoms with Crippen molar-refractivity contribution < 1.29 is 14.8 Å². The zero-order chi connectivity index (χ0) is 16.4. The quantitative estimate of drug-likeness (QED) is 0.226. The molecule has 0 unspecified atom stereocenters. The average Bonchev–Trinajstić information content (AvgIpc) is 2.37. The summed E-state index contributed by atoms with van der Waals surface area (Å²) < 4.78 is 0. The molecule has 0 saturated heterocycles. The summed E-state index contributed by atoms with van der Waals surface area (Å²) in [4.78, 5) is 22.4. The van der Waals surface area contributed by atoms with Gasteiger partial charge in [0.25, 0.3) is 5.69 Å². The van der Waals surface area contributed by atoms with Crippen LogP contribution in [0.25, 0.3) is 5.76 Å². The summed E-state index contributed by atoms with van der Waals surface area (Å²) in [6, 6.07) is 5.18. The molecule has 0 spiro atoms. The van der Waals surface area contributed by atoms with Crippen molar-refractivity contribution in [3.8, 4) is 6.07 Å². The third kappa shape index (κ3) is 4.88. The number of halogens is 1. The Hall–Kier alpha value is -0.754. The molecule has 0 aliphatic carbocycles. The summed E-state index contributed by atoms with van der Waals surface area (Å²) in [7, 11) is 0. The van der Waals surface area contributed by atoms with Gasteiger partial charge in [-0.1, -0.05) is 32.4 Å². The number of hydrogen-bond acceptors (Lipinski definition) is 5. The fourth-order valence-corrected chi connectivity index (χ4v) is 1.74. The molecule has 6 nitrogen and oxygen atoms in total. The van der Waals surface area contributed by atoms with Crippen LogP contribution in [-0.4, -0.2) is 67.2 Å². The number of ketones is 1. The van der Waals surface area contributed by atoms with E-state index >= 15 is 0 Å². The molecular formula is C14H14ClKN2O4.